The number of hydrogen-bond acceptors (Lipinski definition) is 4. The van der Waals surface area contributed by atoms with Gasteiger partial charge in [-0.2, -0.15) is 0 Å². The van der Waals surface area contributed by atoms with Gasteiger partial charge in [-0.3, -0.25) is 4.79 Å². The highest BCUT2D eigenvalue weighted by Gasteiger charge is 2.14. The number of methoxy groups -OCH3 is 1. The molecule has 0 aliphatic heterocycles. The van der Waals surface area contributed by atoms with Crippen LogP contribution in [-0.4, -0.2) is 24.7 Å². The number of halogens is 2. The third kappa shape index (κ3) is 5.56. The molecule has 0 bridgehead atoms. The number of nitrogens with one attached hydrogen (secondary N) is 1. The third-order valence-corrected chi connectivity index (χ3v) is 4.75. The van der Waals surface area contributed by atoms with E-state index < -0.39 is 5.91 Å². The van der Waals surface area contributed by atoms with E-state index in [4.69, 9.17) is 32.7 Å². The van der Waals surface area contributed by atoms with Crippen molar-refractivity contribution in [2.45, 2.75) is 6.42 Å². The van der Waals surface area contributed by atoms with Gasteiger partial charge in [0.1, 0.15) is 17.2 Å². The molecule has 29 heavy (non-hydrogen) atoms. The van der Waals surface area contributed by atoms with Gasteiger partial charge in [0.15, 0.2) is 0 Å². The number of amides is 1. The Kier molecular flexibility index (Phi) is 6.86. The number of carbonyl (C=O) groups excluding carboxylic acids is 1. The predicted molar refractivity (Wildman–Crippen MR) is 115 cm³/mol. The molecule has 3 rings (SSSR count). The van der Waals surface area contributed by atoms with Crippen LogP contribution in [-0.2, 0) is 6.42 Å². The van der Waals surface area contributed by atoms with Gasteiger partial charge in [0.2, 0.25) is 0 Å². The summed E-state index contributed by atoms with van der Waals surface area (Å²) < 4.78 is 11.0. The van der Waals surface area contributed by atoms with Gasteiger partial charge in [-0.25, -0.2) is 0 Å². The fourth-order valence-corrected chi connectivity index (χ4v) is 3.02. The second-order valence-corrected chi connectivity index (χ2v) is 7.05. The molecule has 150 valence electrons. The summed E-state index contributed by atoms with van der Waals surface area (Å²) in [5.41, 5.74) is 1.51. The van der Waals surface area contributed by atoms with Crippen molar-refractivity contribution >= 4 is 34.8 Å². The van der Waals surface area contributed by atoms with Crippen molar-refractivity contribution in [3.63, 3.8) is 0 Å². The molecule has 0 aliphatic rings. The van der Waals surface area contributed by atoms with Gasteiger partial charge in [-0.05, 0) is 48.0 Å². The second-order valence-electron chi connectivity index (χ2n) is 6.21. The molecule has 3 aromatic carbocycles. The first kappa shape index (κ1) is 20.8. The first-order chi connectivity index (χ1) is 14.0. The Labute approximate surface area is 178 Å². The Bertz CT molecular complexity index is 1020. The summed E-state index contributed by atoms with van der Waals surface area (Å²) in [6.45, 7) is 0.442. The van der Waals surface area contributed by atoms with E-state index in [-0.39, 0.29) is 11.3 Å². The Morgan fingerprint density at radius 2 is 1.86 bits per heavy atom. The molecule has 2 N–H and O–H groups in total. The average molecular weight is 432 g/mol. The Balaban J connectivity index is 1.66. The smallest absolute Gasteiger partial charge is 0.259 e. The lowest BCUT2D eigenvalue weighted by molar-refractivity contribution is 0.102. The Morgan fingerprint density at radius 1 is 1.03 bits per heavy atom. The number of anilines is 1. The predicted octanol–water partition coefficient (Wildman–Crippen LogP) is 5.58. The minimum absolute atomic E-state index is 0.0536. The fraction of sp³-hybridized carbons (Fsp3) is 0.136. The van der Waals surface area contributed by atoms with Crippen LogP contribution in [0.2, 0.25) is 10.0 Å². The zero-order chi connectivity index (χ0) is 20.8. The van der Waals surface area contributed by atoms with Gasteiger partial charge in [-0.15, -0.1) is 0 Å². The van der Waals surface area contributed by atoms with Gasteiger partial charge in [0, 0.05) is 17.5 Å². The molecule has 0 aromatic heterocycles. The molecule has 5 nitrogen and oxygen atoms in total. The number of phenolic OH excluding ortho intramolecular Hbond substituents is 1. The quantitative estimate of drug-likeness (QED) is 0.512. The lowest BCUT2D eigenvalue weighted by atomic mass is 10.1. The second kappa shape index (κ2) is 9.54. The molecule has 0 radical (unpaired) electrons. The van der Waals surface area contributed by atoms with E-state index in [1.54, 1.807) is 25.3 Å². The summed E-state index contributed by atoms with van der Waals surface area (Å²) in [5, 5.41) is 13.2. The van der Waals surface area contributed by atoms with Crippen molar-refractivity contribution in [3.05, 3.63) is 81.8 Å². The molecule has 0 atom stereocenters. The van der Waals surface area contributed by atoms with Crippen LogP contribution in [0, 0.1) is 0 Å². The topological polar surface area (TPSA) is 67.8 Å². The van der Waals surface area contributed by atoms with Crippen molar-refractivity contribution < 1.29 is 19.4 Å². The Hall–Kier alpha value is -2.89. The molecule has 1 amide bonds. The maximum atomic E-state index is 12.5. The van der Waals surface area contributed by atoms with Crippen molar-refractivity contribution in [1.29, 1.82) is 0 Å². The van der Waals surface area contributed by atoms with Gasteiger partial charge >= 0.3 is 0 Å². The summed E-state index contributed by atoms with van der Waals surface area (Å²) in [6.07, 6.45) is 0.692. The van der Waals surface area contributed by atoms with E-state index in [0.717, 1.165) is 11.3 Å². The van der Waals surface area contributed by atoms with E-state index in [1.165, 1.54) is 18.2 Å². The fourth-order valence-electron chi connectivity index (χ4n) is 2.68. The number of aromatic hydroxyl groups is 1. The highest BCUT2D eigenvalue weighted by Crippen LogP contribution is 2.29. The molecule has 0 fully saturated rings. The van der Waals surface area contributed by atoms with Crippen LogP contribution in [0.25, 0.3) is 0 Å². The summed E-state index contributed by atoms with van der Waals surface area (Å²) in [5.74, 6) is 0.653. The van der Waals surface area contributed by atoms with Gasteiger partial charge in [0.05, 0.1) is 30.0 Å². The van der Waals surface area contributed by atoms with Gasteiger partial charge in [0.25, 0.3) is 5.91 Å². The number of phenols is 1. The van der Waals surface area contributed by atoms with E-state index in [1.807, 2.05) is 24.3 Å². The molecule has 3 aromatic rings. The van der Waals surface area contributed by atoms with Crippen molar-refractivity contribution in [2.75, 3.05) is 19.0 Å². The minimum Gasteiger partial charge on any atom is -0.507 e. The minimum atomic E-state index is -0.527. The maximum Gasteiger partial charge on any atom is 0.259 e. The third-order valence-electron chi connectivity index (χ3n) is 4.18. The molecule has 0 spiro atoms. The normalized spacial score (nSPS) is 10.4. The van der Waals surface area contributed by atoms with Crippen LogP contribution < -0.4 is 14.8 Å². The molecule has 0 saturated heterocycles. The molecule has 0 heterocycles. The zero-order valence-electron chi connectivity index (χ0n) is 15.6. The van der Waals surface area contributed by atoms with Crippen LogP contribution in [0.3, 0.4) is 0 Å². The zero-order valence-corrected chi connectivity index (χ0v) is 17.1. The number of hydrogen-bond donors (Lipinski definition) is 2. The summed E-state index contributed by atoms with van der Waals surface area (Å²) in [4.78, 5) is 12.5. The maximum absolute atomic E-state index is 12.5. The lowest BCUT2D eigenvalue weighted by Crippen LogP contribution is -2.12. The largest absolute Gasteiger partial charge is 0.507 e. The molecule has 0 saturated carbocycles. The highest BCUT2D eigenvalue weighted by molar-refractivity contribution is 6.34. The SMILES string of the molecule is COc1cccc(CCOc2ccc(Cl)c(NC(=O)c3cc(Cl)ccc3O)c2)c1. The highest BCUT2D eigenvalue weighted by atomic mass is 35.5. The van der Waals surface area contributed by atoms with Crippen molar-refractivity contribution in [2.24, 2.45) is 0 Å². The average Bonchev–Trinajstić information content (AvgIpc) is 2.72. The molecular weight excluding hydrogens is 413 g/mol. The van der Waals surface area contributed by atoms with Crippen molar-refractivity contribution in [3.8, 4) is 17.2 Å². The van der Waals surface area contributed by atoms with Crippen LogP contribution in [0.1, 0.15) is 15.9 Å². The molecule has 0 unspecified atom stereocenters. The molecule has 7 heteroatoms. The first-order valence-corrected chi connectivity index (χ1v) is 9.57. The summed E-state index contributed by atoms with van der Waals surface area (Å²) in [7, 11) is 1.63. The van der Waals surface area contributed by atoms with E-state index in [9.17, 15) is 9.90 Å². The van der Waals surface area contributed by atoms with Crippen molar-refractivity contribution in [1.82, 2.24) is 0 Å². The van der Waals surface area contributed by atoms with E-state index in [0.29, 0.717) is 34.5 Å². The summed E-state index contributed by atoms with van der Waals surface area (Å²) in [6, 6.07) is 17.0. The van der Waals surface area contributed by atoms with E-state index >= 15 is 0 Å². The molecular formula is C22H19Cl2NO4. The van der Waals surface area contributed by atoms with Gasteiger partial charge < -0.3 is 19.9 Å². The van der Waals surface area contributed by atoms with Crippen LogP contribution in [0.5, 0.6) is 17.2 Å². The van der Waals surface area contributed by atoms with Gasteiger partial charge in [-0.1, -0.05) is 35.3 Å². The van der Waals surface area contributed by atoms with E-state index in [2.05, 4.69) is 5.32 Å². The van der Waals surface area contributed by atoms with Crippen LogP contribution >= 0.6 is 23.2 Å². The first-order valence-electron chi connectivity index (χ1n) is 8.81. The summed E-state index contributed by atoms with van der Waals surface area (Å²) >= 11 is 12.1. The monoisotopic (exact) mass is 431 g/mol. The lowest BCUT2D eigenvalue weighted by Gasteiger charge is -2.12. The molecule has 0 aliphatic carbocycles. The number of carbonyl (C=O) groups is 1. The number of ether oxygens (including phenoxy) is 2. The van der Waals surface area contributed by atoms with Crippen LogP contribution in [0.15, 0.2) is 60.7 Å². The standard InChI is InChI=1S/C22H19Cl2NO4/c1-28-16-4-2-3-14(11-16)9-10-29-17-6-7-19(24)20(13-17)25-22(27)18-12-15(23)5-8-21(18)26/h2-8,11-13,26H,9-10H2,1H3,(H,25,27). The van der Waals surface area contributed by atoms with Crippen LogP contribution in [0.4, 0.5) is 5.69 Å². The Morgan fingerprint density at radius 3 is 2.66 bits per heavy atom. The number of rotatable bonds is 7. The number of benzene rings is 3.